The summed E-state index contributed by atoms with van der Waals surface area (Å²) in [5.74, 6) is -1.17. The Bertz CT molecular complexity index is 304. The lowest BCUT2D eigenvalue weighted by molar-refractivity contribution is -0.0528. The van der Waals surface area contributed by atoms with Gasteiger partial charge in [-0.1, -0.05) is 12.1 Å². The van der Waals surface area contributed by atoms with Gasteiger partial charge in [0, 0.05) is 12.1 Å². The molecule has 2 nitrogen and oxygen atoms in total. The lowest BCUT2D eigenvalue weighted by Gasteiger charge is -2.10. The molecule has 0 heterocycles. The van der Waals surface area contributed by atoms with E-state index in [2.05, 4.69) is 10.1 Å². The second-order valence-electron chi connectivity index (χ2n) is 2.64. The number of hydrogen-bond donors (Lipinski definition) is 1. The molecule has 1 rings (SSSR count). The monoisotopic (exact) mass is 205 g/mol. The van der Waals surface area contributed by atoms with Gasteiger partial charge in [-0.25, -0.2) is 4.39 Å². The zero-order valence-corrected chi connectivity index (χ0v) is 7.56. The third-order valence-corrected chi connectivity index (χ3v) is 1.62. The average molecular weight is 205 g/mol. The maximum atomic E-state index is 13.0. The molecule has 1 N–H and O–H groups in total. The molecule has 0 bridgehead atoms. The van der Waals surface area contributed by atoms with Crippen molar-refractivity contribution in [2.75, 3.05) is 7.05 Å². The Labute approximate surface area is 79.7 Å². The van der Waals surface area contributed by atoms with Crippen molar-refractivity contribution in [3.63, 3.8) is 0 Å². The first-order chi connectivity index (χ1) is 6.65. The predicted octanol–water partition coefficient (Wildman–Crippen LogP) is 2.15. The van der Waals surface area contributed by atoms with Gasteiger partial charge in [0.15, 0.2) is 11.6 Å². The van der Waals surface area contributed by atoms with Gasteiger partial charge in [0.05, 0.1) is 0 Å². The number of hydrogen-bond acceptors (Lipinski definition) is 2. The van der Waals surface area contributed by atoms with E-state index in [-0.39, 0.29) is 6.54 Å². The van der Waals surface area contributed by atoms with Crippen LogP contribution in [-0.4, -0.2) is 13.7 Å². The fourth-order valence-corrected chi connectivity index (χ4v) is 1.10. The number of benzene rings is 1. The van der Waals surface area contributed by atoms with Crippen molar-refractivity contribution < 1.29 is 17.9 Å². The van der Waals surface area contributed by atoms with Crippen molar-refractivity contribution in [1.82, 2.24) is 5.32 Å². The molecular formula is C9H10F3NO. The number of halogens is 3. The molecule has 0 spiro atoms. The normalized spacial score (nSPS) is 10.6. The van der Waals surface area contributed by atoms with Crippen molar-refractivity contribution in [3.05, 3.63) is 29.6 Å². The van der Waals surface area contributed by atoms with Crippen LogP contribution in [-0.2, 0) is 6.54 Å². The highest BCUT2D eigenvalue weighted by molar-refractivity contribution is 5.34. The summed E-state index contributed by atoms with van der Waals surface area (Å²) in [7, 11) is 1.64. The maximum absolute atomic E-state index is 13.0. The summed E-state index contributed by atoms with van der Waals surface area (Å²) >= 11 is 0. The molecule has 0 aromatic heterocycles. The highest BCUT2D eigenvalue weighted by Crippen LogP contribution is 2.24. The summed E-state index contributed by atoms with van der Waals surface area (Å²) in [4.78, 5) is 0. The van der Waals surface area contributed by atoms with Gasteiger partial charge in [-0.05, 0) is 13.1 Å². The Morgan fingerprint density at radius 1 is 1.43 bits per heavy atom. The van der Waals surface area contributed by atoms with E-state index in [0.717, 1.165) is 6.07 Å². The van der Waals surface area contributed by atoms with Gasteiger partial charge in [0.2, 0.25) is 0 Å². The molecular weight excluding hydrogens is 195 g/mol. The Morgan fingerprint density at radius 2 is 2.14 bits per heavy atom. The Morgan fingerprint density at radius 3 is 2.71 bits per heavy atom. The maximum Gasteiger partial charge on any atom is 0.387 e. The van der Waals surface area contributed by atoms with Crippen molar-refractivity contribution >= 4 is 0 Å². The molecule has 0 radical (unpaired) electrons. The zero-order valence-electron chi connectivity index (χ0n) is 7.56. The van der Waals surface area contributed by atoms with Gasteiger partial charge in [-0.2, -0.15) is 8.78 Å². The fraction of sp³-hybridized carbons (Fsp3) is 0.333. The minimum absolute atomic E-state index is 0.278. The largest absolute Gasteiger partial charge is 0.431 e. The molecule has 5 heteroatoms. The summed E-state index contributed by atoms with van der Waals surface area (Å²) < 4.78 is 41.0. The van der Waals surface area contributed by atoms with Crippen LogP contribution in [0.4, 0.5) is 13.2 Å². The minimum Gasteiger partial charge on any atom is -0.431 e. The number of para-hydroxylation sites is 1. The summed E-state index contributed by atoms with van der Waals surface area (Å²) in [6.07, 6.45) is 0. The highest BCUT2D eigenvalue weighted by atomic mass is 19.3. The predicted molar refractivity (Wildman–Crippen MR) is 45.8 cm³/mol. The first-order valence-electron chi connectivity index (χ1n) is 4.02. The molecule has 0 aliphatic heterocycles. The third kappa shape index (κ3) is 2.63. The number of nitrogens with one attached hydrogen (secondary N) is 1. The number of ether oxygens (including phenoxy) is 1. The van der Waals surface area contributed by atoms with Gasteiger partial charge in [0.1, 0.15) is 0 Å². The molecule has 0 atom stereocenters. The van der Waals surface area contributed by atoms with Crippen molar-refractivity contribution in [1.29, 1.82) is 0 Å². The second kappa shape index (κ2) is 4.85. The van der Waals surface area contributed by atoms with E-state index in [1.165, 1.54) is 12.1 Å². The van der Waals surface area contributed by atoms with Crippen molar-refractivity contribution in [2.24, 2.45) is 0 Å². The molecule has 1 aromatic rings. The molecule has 0 saturated carbocycles. The number of alkyl halides is 2. The van der Waals surface area contributed by atoms with Crippen LogP contribution in [0.25, 0.3) is 0 Å². The van der Waals surface area contributed by atoms with E-state index in [0.29, 0.717) is 5.56 Å². The fourth-order valence-electron chi connectivity index (χ4n) is 1.10. The van der Waals surface area contributed by atoms with Gasteiger partial charge in [-0.3, -0.25) is 0 Å². The quantitative estimate of drug-likeness (QED) is 0.813. The molecule has 78 valence electrons. The Kier molecular flexibility index (Phi) is 3.76. The summed E-state index contributed by atoms with van der Waals surface area (Å²) in [5, 5.41) is 2.73. The zero-order chi connectivity index (χ0) is 10.6. The van der Waals surface area contributed by atoms with Crippen LogP contribution < -0.4 is 10.1 Å². The van der Waals surface area contributed by atoms with E-state index >= 15 is 0 Å². The Hall–Kier alpha value is -1.23. The summed E-state index contributed by atoms with van der Waals surface area (Å²) in [5.41, 5.74) is 0.368. The molecule has 0 aliphatic rings. The first-order valence-corrected chi connectivity index (χ1v) is 4.02. The van der Waals surface area contributed by atoms with E-state index in [4.69, 9.17) is 0 Å². The van der Waals surface area contributed by atoms with Crippen LogP contribution in [0.5, 0.6) is 5.75 Å². The van der Waals surface area contributed by atoms with Gasteiger partial charge in [0.25, 0.3) is 0 Å². The van der Waals surface area contributed by atoms with E-state index in [1.807, 2.05) is 0 Å². The highest BCUT2D eigenvalue weighted by Gasteiger charge is 2.13. The van der Waals surface area contributed by atoms with E-state index in [1.54, 1.807) is 7.05 Å². The molecule has 0 unspecified atom stereocenters. The summed E-state index contributed by atoms with van der Waals surface area (Å²) in [6.45, 7) is -2.73. The molecule has 1 aromatic carbocycles. The average Bonchev–Trinajstić information content (AvgIpc) is 2.11. The molecule has 0 amide bonds. The number of rotatable bonds is 4. The van der Waals surface area contributed by atoms with Crippen LogP contribution in [0.15, 0.2) is 18.2 Å². The van der Waals surface area contributed by atoms with Crippen LogP contribution in [0.1, 0.15) is 5.56 Å². The minimum atomic E-state index is -3.01. The van der Waals surface area contributed by atoms with Crippen molar-refractivity contribution in [3.8, 4) is 5.75 Å². The standard InChI is InChI=1S/C9H10F3NO/c1-13-5-6-3-2-4-7(10)8(6)14-9(11)12/h2-4,9,13H,5H2,1H3. The lowest BCUT2D eigenvalue weighted by Crippen LogP contribution is -2.11. The van der Waals surface area contributed by atoms with Crippen LogP contribution in [0.2, 0.25) is 0 Å². The SMILES string of the molecule is CNCc1cccc(F)c1OC(F)F. The van der Waals surface area contributed by atoms with Gasteiger partial charge in [-0.15, -0.1) is 0 Å². The van der Waals surface area contributed by atoms with Crippen LogP contribution >= 0.6 is 0 Å². The molecule has 14 heavy (non-hydrogen) atoms. The first kappa shape index (κ1) is 10.8. The third-order valence-electron chi connectivity index (χ3n) is 1.62. The molecule has 0 aliphatic carbocycles. The van der Waals surface area contributed by atoms with Crippen LogP contribution in [0, 0.1) is 5.82 Å². The lowest BCUT2D eigenvalue weighted by atomic mass is 10.2. The van der Waals surface area contributed by atoms with E-state index in [9.17, 15) is 13.2 Å². The smallest absolute Gasteiger partial charge is 0.387 e. The Balaban J connectivity index is 2.96. The topological polar surface area (TPSA) is 21.3 Å². The second-order valence-corrected chi connectivity index (χ2v) is 2.64. The van der Waals surface area contributed by atoms with Gasteiger partial charge >= 0.3 is 6.61 Å². The van der Waals surface area contributed by atoms with Crippen LogP contribution in [0.3, 0.4) is 0 Å². The van der Waals surface area contributed by atoms with Gasteiger partial charge < -0.3 is 10.1 Å². The molecule has 0 fully saturated rings. The van der Waals surface area contributed by atoms with E-state index < -0.39 is 18.2 Å². The van der Waals surface area contributed by atoms with Crippen molar-refractivity contribution in [2.45, 2.75) is 13.2 Å². The summed E-state index contributed by atoms with van der Waals surface area (Å²) in [6, 6.07) is 4.05. The molecule has 0 saturated heterocycles.